The molecule has 0 radical (unpaired) electrons. The van der Waals surface area contributed by atoms with Crippen LogP contribution in [0.25, 0.3) is 66.7 Å². The van der Waals surface area contributed by atoms with E-state index in [9.17, 15) is 19.2 Å². The Morgan fingerprint density at radius 3 is 1.20 bits per heavy atom. The van der Waals surface area contributed by atoms with Gasteiger partial charge in [0.15, 0.2) is 10.3 Å². The molecule has 5 aromatic heterocycles. The molecule has 6 unspecified atom stereocenters. The van der Waals surface area contributed by atoms with Crippen molar-refractivity contribution in [3.05, 3.63) is 114 Å². The standard InChI is InChI=1S/C23H28N4O3S.C23H24N2O3.C22H24N4O4S/c1-13(2)24-23-26-20(12-31-23)19-10-22(17-7-6-15(29-5)8-18(17)25-19)30-16-9-21(14(3)28)27(4)11-16;1-15(26)22-12-18(14-25(22)2)28-23-13-20(16-7-5-4-6-8-16)24-21-11-17(27-3)9-10-19(21)23;1-12(27)20-8-15(10-26(20)3)30-21-9-18(19-11-31-22(25-19)23-13(2)28)24-17-7-14(29-4)5-6-16(17)21/h6-8,10,12-13,16,21H,9,11H2,1-5H3,(H,24,26);4-11,13,18,22H,12,14H2,1-3H3;5-7,9,11,15,20H,8,10H2,1-4H3,(H,23,25,28). The van der Waals surface area contributed by atoms with Crippen LogP contribution in [0, 0.1) is 0 Å². The highest BCUT2D eigenvalue weighted by Gasteiger charge is 2.37. The van der Waals surface area contributed by atoms with Gasteiger partial charge in [-0.25, -0.2) is 24.9 Å². The summed E-state index contributed by atoms with van der Waals surface area (Å²) in [7, 11) is 10.8. The van der Waals surface area contributed by atoms with Crippen LogP contribution in [-0.4, -0.2) is 167 Å². The van der Waals surface area contributed by atoms with E-state index in [1.165, 1.54) is 18.3 Å². The van der Waals surface area contributed by atoms with E-state index in [0.717, 1.165) is 90.0 Å². The monoisotopic (exact) mass is 1260 g/mol. The summed E-state index contributed by atoms with van der Waals surface area (Å²) < 4.78 is 35.3. The molecule has 0 spiro atoms. The van der Waals surface area contributed by atoms with Crippen molar-refractivity contribution in [1.82, 2.24) is 39.6 Å². The Balaban J connectivity index is 0.000000149. The molecule has 0 saturated carbocycles. The fraction of sp³-hybridized carbons (Fsp3) is 0.368. The summed E-state index contributed by atoms with van der Waals surface area (Å²) in [5.74, 6) is 4.73. The number of benzene rings is 4. The number of pyridine rings is 3. The molecular formula is C68H76N10O10S2. The zero-order valence-corrected chi connectivity index (χ0v) is 54.4. The molecule has 0 aliphatic carbocycles. The van der Waals surface area contributed by atoms with Crippen molar-refractivity contribution in [2.24, 2.45) is 0 Å². The number of nitrogens with one attached hydrogen (secondary N) is 2. The van der Waals surface area contributed by atoms with Gasteiger partial charge in [-0.1, -0.05) is 30.3 Å². The number of fused-ring (bicyclic) bond motifs is 3. The van der Waals surface area contributed by atoms with Crippen LogP contribution in [0.5, 0.6) is 34.5 Å². The minimum atomic E-state index is -0.175. The zero-order chi connectivity index (χ0) is 63.9. The minimum Gasteiger partial charge on any atom is -0.497 e. The van der Waals surface area contributed by atoms with Crippen LogP contribution in [0.3, 0.4) is 0 Å². The third-order valence-corrected chi connectivity index (χ3v) is 17.6. The molecule has 12 rings (SSSR count). The lowest BCUT2D eigenvalue weighted by Gasteiger charge is -2.17. The van der Waals surface area contributed by atoms with Crippen LogP contribution >= 0.6 is 22.7 Å². The normalized spacial score (nSPS) is 19.2. The molecule has 2 N–H and O–H groups in total. The molecule has 1 amide bonds. The Kier molecular flexibility index (Phi) is 20.3. The smallest absolute Gasteiger partial charge is 0.223 e. The third kappa shape index (κ3) is 15.3. The van der Waals surface area contributed by atoms with E-state index in [1.807, 2.05) is 140 Å². The molecule has 90 heavy (non-hydrogen) atoms. The number of Topliss-reactive ketones (excluding diaryl/α,β-unsaturated/α-hetero) is 3. The van der Waals surface area contributed by atoms with Crippen LogP contribution in [-0.2, 0) is 19.2 Å². The number of likely N-dealkylation sites (N-methyl/N-ethyl adjacent to an activating group) is 3. The molecule has 20 nitrogen and oxygen atoms in total. The highest BCUT2D eigenvalue weighted by molar-refractivity contribution is 7.14. The first-order valence-corrected chi connectivity index (χ1v) is 31.6. The predicted molar refractivity (Wildman–Crippen MR) is 354 cm³/mol. The average molecular weight is 1260 g/mol. The number of amides is 1. The Bertz CT molecular complexity index is 4070. The molecule has 470 valence electrons. The summed E-state index contributed by atoms with van der Waals surface area (Å²) in [6.07, 6.45) is 1.82. The SMILES string of the molecule is COc1ccc2c(OC3CC(C(C)=O)N(C)C3)cc(-c3ccccc3)nc2c1.COc1ccc2c(OC3CC(C(C)=O)N(C)C3)cc(-c3csc(NC(C)=O)n3)nc2c1.COc1ccc2c(OC3CC(C(C)=O)N(C)C3)cc(-c3csc(NC(C)C)n3)nc2c1. The number of anilines is 2. The lowest BCUT2D eigenvalue weighted by molar-refractivity contribution is -0.121. The van der Waals surface area contributed by atoms with E-state index in [0.29, 0.717) is 66.4 Å². The molecule has 4 aromatic carbocycles. The van der Waals surface area contributed by atoms with Gasteiger partial charge in [0.2, 0.25) is 5.91 Å². The van der Waals surface area contributed by atoms with Crippen molar-refractivity contribution in [3.8, 4) is 68.5 Å². The molecule has 3 saturated heterocycles. The lowest BCUT2D eigenvalue weighted by Crippen LogP contribution is -2.31. The summed E-state index contributed by atoms with van der Waals surface area (Å²) in [5.41, 5.74) is 7.04. The summed E-state index contributed by atoms with van der Waals surface area (Å²) in [4.78, 5) is 76.7. The summed E-state index contributed by atoms with van der Waals surface area (Å²) in [6, 6.07) is 33.1. The zero-order valence-electron chi connectivity index (χ0n) is 52.7. The maximum atomic E-state index is 11.9. The molecule has 3 aliphatic heterocycles. The van der Waals surface area contributed by atoms with Gasteiger partial charge in [-0.15, -0.1) is 22.7 Å². The second-order valence-corrected chi connectivity index (χ2v) is 24.9. The molecule has 22 heteroatoms. The number of methoxy groups -OCH3 is 3. The van der Waals surface area contributed by atoms with Crippen LogP contribution in [0.15, 0.2) is 114 Å². The Morgan fingerprint density at radius 2 is 0.844 bits per heavy atom. The number of aromatic nitrogens is 5. The average Bonchev–Trinajstić information content (AvgIpc) is 1.57. The van der Waals surface area contributed by atoms with Crippen LogP contribution in [0.2, 0.25) is 0 Å². The molecule has 0 bridgehead atoms. The van der Waals surface area contributed by atoms with Crippen molar-refractivity contribution in [1.29, 1.82) is 0 Å². The summed E-state index contributed by atoms with van der Waals surface area (Å²) in [6.45, 7) is 12.6. The van der Waals surface area contributed by atoms with E-state index in [1.54, 1.807) is 53.4 Å². The van der Waals surface area contributed by atoms with Crippen LogP contribution in [0.4, 0.5) is 10.3 Å². The van der Waals surface area contributed by atoms with Crippen molar-refractivity contribution in [3.63, 3.8) is 0 Å². The number of carbonyl (C=O) groups excluding carboxylic acids is 4. The van der Waals surface area contributed by atoms with Crippen LogP contribution in [0.1, 0.15) is 60.8 Å². The van der Waals surface area contributed by atoms with Crippen molar-refractivity contribution in [2.45, 2.75) is 103 Å². The first kappa shape index (κ1) is 64.3. The molecular weight excluding hydrogens is 1180 g/mol. The lowest BCUT2D eigenvalue weighted by atomic mass is 10.1. The Labute approximate surface area is 531 Å². The number of ether oxygens (including phenoxy) is 6. The van der Waals surface area contributed by atoms with Gasteiger partial charge in [0.05, 0.1) is 73.1 Å². The first-order chi connectivity index (χ1) is 43.2. The minimum absolute atomic E-state index is 0.0322. The fourth-order valence-electron chi connectivity index (χ4n) is 11.6. The quantitative estimate of drug-likeness (QED) is 0.0815. The van der Waals surface area contributed by atoms with Gasteiger partial charge >= 0.3 is 0 Å². The number of likely N-dealkylation sites (tertiary alicyclic amines) is 3. The number of nitrogens with zero attached hydrogens (tertiary/aromatic N) is 8. The largest absolute Gasteiger partial charge is 0.497 e. The second-order valence-electron chi connectivity index (χ2n) is 23.2. The number of ketones is 3. The highest BCUT2D eigenvalue weighted by atomic mass is 32.1. The van der Waals surface area contributed by atoms with Gasteiger partial charge in [0, 0.05) is 121 Å². The Morgan fingerprint density at radius 1 is 0.478 bits per heavy atom. The van der Waals surface area contributed by atoms with Gasteiger partial charge in [-0.2, -0.15) is 0 Å². The van der Waals surface area contributed by atoms with Crippen molar-refractivity contribution in [2.75, 3.05) is 72.7 Å². The number of hydrogen-bond donors (Lipinski definition) is 2. The van der Waals surface area contributed by atoms with E-state index in [-0.39, 0.29) is 59.7 Å². The highest BCUT2D eigenvalue weighted by Crippen LogP contribution is 2.39. The molecule has 8 heterocycles. The predicted octanol–water partition coefficient (Wildman–Crippen LogP) is 11.5. The number of hydrogen-bond acceptors (Lipinski definition) is 21. The van der Waals surface area contributed by atoms with E-state index in [2.05, 4.69) is 39.3 Å². The molecule has 9 aromatic rings. The van der Waals surface area contributed by atoms with Gasteiger partial charge in [0.25, 0.3) is 0 Å². The topological polar surface area (TPSA) is 222 Å². The van der Waals surface area contributed by atoms with Gasteiger partial charge < -0.3 is 39.1 Å². The van der Waals surface area contributed by atoms with E-state index >= 15 is 0 Å². The summed E-state index contributed by atoms with van der Waals surface area (Å²) >= 11 is 2.89. The fourth-order valence-corrected chi connectivity index (χ4v) is 13.2. The maximum absolute atomic E-state index is 11.9. The number of rotatable bonds is 18. The third-order valence-electron chi connectivity index (χ3n) is 16.1. The summed E-state index contributed by atoms with van der Waals surface area (Å²) in [5, 5.41) is 14.0. The maximum Gasteiger partial charge on any atom is 0.223 e. The molecule has 6 atom stereocenters. The first-order valence-electron chi connectivity index (χ1n) is 29.8. The van der Waals surface area contributed by atoms with Gasteiger partial charge in [-0.3, -0.25) is 33.9 Å². The van der Waals surface area contributed by atoms with E-state index in [4.69, 9.17) is 48.4 Å². The van der Waals surface area contributed by atoms with Crippen molar-refractivity contribution >= 4 is 88.9 Å². The van der Waals surface area contributed by atoms with Gasteiger partial charge in [-0.05, 0) is 92.2 Å². The number of carbonyl (C=O) groups is 4. The molecule has 3 fully saturated rings. The van der Waals surface area contributed by atoms with Gasteiger partial charge in [0.1, 0.15) is 81.5 Å². The van der Waals surface area contributed by atoms with Crippen molar-refractivity contribution < 1.29 is 47.6 Å². The van der Waals surface area contributed by atoms with Crippen LogP contribution < -0.4 is 39.1 Å². The molecule has 3 aliphatic rings. The number of thiazole rings is 2. The Hall–Kier alpha value is -8.67. The van der Waals surface area contributed by atoms with E-state index < -0.39 is 0 Å². The second kappa shape index (κ2) is 28.4.